The highest BCUT2D eigenvalue weighted by Crippen LogP contribution is 2.45. The van der Waals surface area contributed by atoms with E-state index < -0.39 is 47.3 Å². The van der Waals surface area contributed by atoms with Gasteiger partial charge in [-0.3, -0.25) is 13.3 Å². The van der Waals surface area contributed by atoms with Crippen LogP contribution in [0.3, 0.4) is 0 Å². The van der Waals surface area contributed by atoms with E-state index in [1.165, 1.54) is 31.3 Å². The molecule has 3 aromatic carbocycles. The second kappa shape index (κ2) is 10.9. The van der Waals surface area contributed by atoms with Crippen LogP contribution in [0, 0.1) is 5.82 Å². The van der Waals surface area contributed by atoms with Gasteiger partial charge in [-0.05, 0) is 83.9 Å². The molecule has 41 heavy (non-hydrogen) atoms. The zero-order valence-corrected chi connectivity index (χ0v) is 22.2. The number of amides is 1. The Hall–Kier alpha value is -3.72. The van der Waals surface area contributed by atoms with Gasteiger partial charge in [0.15, 0.2) is 0 Å². The molecule has 1 aliphatic rings. The Bertz CT molecular complexity index is 1650. The third-order valence-electron chi connectivity index (χ3n) is 6.93. The first-order chi connectivity index (χ1) is 19.4. The number of furan rings is 1. The average Bonchev–Trinajstić information content (AvgIpc) is 3.70. The first-order valence-corrected chi connectivity index (χ1v) is 13.4. The molecule has 4 aromatic rings. The zero-order chi connectivity index (χ0) is 29.6. The van der Waals surface area contributed by atoms with E-state index in [9.17, 15) is 41.2 Å². The van der Waals surface area contributed by atoms with Crippen molar-refractivity contribution < 1.29 is 45.6 Å². The molecule has 1 aliphatic carbocycles. The highest BCUT2D eigenvalue weighted by molar-refractivity contribution is 7.80. The second-order valence-corrected chi connectivity index (χ2v) is 10.5. The Labute approximate surface area is 234 Å². The maximum Gasteiger partial charge on any atom is 0.489 e. The molecular formula is C27H22BF4N2O6S-. The van der Waals surface area contributed by atoms with Crippen molar-refractivity contribution in [2.24, 2.45) is 0 Å². The number of halogens is 4. The first kappa shape index (κ1) is 28.8. The van der Waals surface area contributed by atoms with Gasteiger partial charge < -0.3 is 24.3 Å². The minimum Gasteiger partial charge on any atom is -0.755 e. The minimum atomic E-state index is -4.98. The third kappa shape index (κ3) is 5.73. The molecule has 0 spiro atoms. The maximum atomic E-state index is 13.7. The summed E-state index contributed by atoms with van der Waals surface area (Å²) < 4.78 is 85.9. The van der Waals surface area contributed by atoms with Crippen LogP contribution in [0.4, 0.5) is 23.2 Å². The molecule has 1 amide bonds. The number of anilines is 1. The van der Waals surface area contributed by atoms with Crippen LogP contribution in [-0.4, -0.2) is 38.9 Å². The Balaban J connectivity index is 1.64. The maximum absolute atomic E-state index is 13.7. The summed E-state index contributed by atoms with van der Waals surface area (Å²) in [4.78, 5) is 12.9. The summed E-state index contributed by atoms with van der Waals surface area (Å²) in [5, 5.41) is 21.8. The molecule has 1 heterocycles. The lowest BCUT2D eigenvalue weighted by Gasteiger charge is -2.28. The van der Waals surface area contributed by atoms with Crippen LogP contribution in [0.5, 0.6) is 0 Å². The molecule has 0 radical (unpaired) electrons. The predicted molar refractivity (Wildman–Crippen MR) is 143 cm³/mol. The number of nitrogens with one attached hydrogen (secondary N) is 1. The van der Waals surface area contributed by atoms with Crippen LogP contribution in [0.15, 0.2) is 59.0 Å². The second-order valence-electron chi connectivity index (χ2n) is 9.61. The van der Waals surface area contributed by atoms with E-state index in [2.05, 4.69) is 5.32 Å². The molecule has 1 fully saturated rings. The Morgan fingerprint density at radius 1 is 1.15 bits per heavy atom. The van der Waals surface area contributed by atoms with E-state index in [1.807, 2.05) is 0 Å². The van der Waals surface area contributed by atoms with Gasteiger partial charge in [-0.1, -0.05) is 6.07 Å². The molecular weight excluding hydrogens is 567 g/mol. The number of carbonyl (C=O) groups excluding carboxylic acids is 1. The molecule has 3 N–H and O–H groups in total. The van der Waals surface area contributed by atoms with Crippen molar-refractivity contribution >= 4 is 46.4 Å². The van der Waals surface area contributed by atoms with Gasteiger partial charge in [-0.15, -0.1) is 0 Å². The summed E-state index contributed by atoms with van der Waals surface area (Å²) in [6, 6.07) is 11.0. The summed E-state index contributed by atoms with van der Waals surface area (Å²) in [7, 11) is -0.969. The topological polar surface area (TPSA) is 126 Å². The fraction of sp³-hybridized carbons (Fsp3) is 0.222. The van der Waals surface area contributed by atoms with Crippen molar-refractivity contribution in [3.05, 3.63) is 82.7 Å². The Morgan fingerprint density at radius 3 is 2.39 bits per heavy atom. The predicted octanol–water partition coefficient (Wildman–Crippen LogP) is 3.98. The number of nitrogens with zero attached hydrogens (tertiary/aromatic N) is 1. The van der Waals surface area contributed by atoms with E-state index >= 15 is 0 Å². The number of alkyl halides is 3. The smallest absolute Gasteiger partial charge is 0.489 e. The zero-order valence-electron chi connectivity index (χ0n) is 21.4. The van der Waals surface area contributed by atoms with Gasteiger partial charge in [0.25, 0.3) is 5.91 Å². The van der Waals surface area contributed by atoms with Crippen LogP contribution < -0.4 is 15.1 Å². The number of hydrogen-bond donors (Lipinski definition) is 3. The lowest BCUT2D eigenvalue weighted by molar-refractivity contribution is -0.136. The molecule has 8 nitrogen and oxygen atoms in total. The van der Waals surface area contributed by atoms with Crippen molar-refractivity contribution in [3.8, 4) is 11.3 Å². The van der Waals surface area contributed by atoms with E-state index in [0.29, 0.717) is 28.1 Å². The number of benzene rings is 3. The van der Waals surface area contributed by atoms with Crippen molar-refractivity contribution in [1.29, 1.82) is 0 Å². The molecule has 1 unspecified atom stereocenters. The van der Waals surface area contributed by atoms with Crippen molar-refractivity contribution in [2.45, 2.75) is 31.5 Å². The van der Waals surface area contributed by atoms with Crippen LogP contribution in [-0.2, 0) is 24.0 Å². The van der Waals surface area contributed by atoms with E-state index in [4.69, 9.17) is 4.42 Å². The van der Waals surface area contributed by atoms with Gasteiger partial charge in [0.2, 0.25) is 0 Å². The fourth-order valence-corrected chi connectivity index (χ4v) is 5.35. The molecule has 14 heteroatoms. The quantitative estimate of drug-likeness (QED) is 0.162. The molecule has 1 saturated carbocycles. The molecule has 0 saturated heterocycles. The molecule has 1 atom stereocenters. The molecule has 5 rings (SSSR count). The van der Waals surface area contributed by atoms with Gasteiger partial charge in [0, 0.05) is 35.0 Å². The largest absolute Gasteiger partial charge is 0.755 e. The summed E-state index contributed by atoms with van der Waals surface area (Å²) in [5.74, 6) is -0.720. The van der Waals surface area contributed by atoms with E-state index in [1.54, 1.807) is 12.1 Å². The standard InChI is InChI=1S/C27H23BF4N2O6S/c1-33-26(35)24-20-12-19(14-2-3-14)16(10-23(20)40-25(24)15-4-6-17(29)7-5-15)13-34(41(38)39)18-8-9-22(28(36)37)21(11-18)27(30,31)32/h4-12,14,36-37H,2-3,13H2,1H3,(H,33,35)(H,38,39)/p-1. The number of rotatable bonds is 8. The minimum absolute atomic E-state index is 0.0377. The number of hydrogen-bond acceptors (Lipinski definition) is 6. The van der Waals surface area contributed by atoms with Gasteiger partial charge in [0.1, 0.15) is 17.2 Å². The van der Waals surface area contributed by atoms with Gasteiger partial charge >= 0.3 is 13.3 Å². The molecule has 214 valence electrons. The van der Waals surface area contributed by atoms with Crippen LogP contribution in [0.2, 0.25) is 0 Å². The van der Waals surface area contributed by atoms with Crippen molar-refractivity contribution in [2.75, 3.05) is 11.4 Å². The highest BCUT2D eigenvalue weighted by Gasteiger charge is 2.37. The normalized spacial score (nSPS) is 14.2. The summed E-state index contributed by atoms with van der Waals surface area (Å²) in [5.41, 5.74) is -0.506. The van der Waals surface area contributed by atoms with Crippen molar-refractivity contribution in [1.82, 2.24) is 5.32 Å². The lowest BCUT2D eigenvalue weighted by atomic mass is 9.76. The van der Waals surface area contributed by atoms with Crippen LogP contribution in [0.1, 0.15) is 45.8 Å². The fourth-order valence-electron chi connectivity index (χ4n) is 4.82. The number of fused-ring (bicyclic) bond motifs is 1. The third-order valence-corrected chi connectivity index (χ3v) is 7.63. The van der Waals surface area contributed by atoms with Gasteiger partial charge in [-0.2, -0.15) is 13.2 Å². The molecule has 1 aromatic heterocycles. The lowest BCUT2D eigenvalue weighted by Crippen LogP contribution is -2.36. The van der Waals surface area contributed by atoms with Gasteiger partial charge in [-0.25, -0.2) is 4.39 Å². The SMILES string of the molecule is CNC(=O)c1c(-c2ccc(F)cc2)oc2cc(CN(c3ccc(B(O)O)c(C(F)(F)F)c3)S(=O)[O-])c(C3CC3)cc12. The molecule has 0 bridgehead atoms. The van der Waals surface area contributed by atoms with Gasteiger partial charge in [0.05, 0.1) is 17.7 Å². The molecule has 0 aliphatic heterocycles. The Morgan fingerprint density at radius 2 is 1.83 bits per heavy atom. The van der Waals surface area contributed by atoms with Crippen LogP contribution in [0.25, 0.3) is 22.3 Å². The number of carbonyl (C=O) groups is 1. The van der Waals surface area contributed by atoms with Crippen molar-refractivity contribution in [3.63, 3.8) is 0 Å². The van der Waals surface area contributed by atoms with Crippen LogP contribution >= 0.6 is 0 Å². The summed E-state index contributed by atoms with van der Waals surface area (Å²) in [6.45, 7) is -0.363. The average molecular weight is 589 g/mol. The monoisotopic (exact) mass is 589 g/mol. The van der Waals surface area contributed by atoms with E-state index in [0.717, 1.165) is 29.3 Å². The highest BCUT2D eigenvalue weighted by atomic mass is 32.2. The van der Waals surface area contributed by atoms with E-state index in [-0.39, 0.29) is 35.1 Å². The first-order valence-electron chi connectivity index (χ1n) is 12.4. The summed E-state index contributed by atoms with van der Waals surface area (Å²) in [6.07, 6.45) is -3.40. The Kier molecular flexibility index (Phi) is 7.68. The summed E-state index contributed by atoms with van der Waals surface area (Å²) >= 11 is -3.02.